The summed E-state index contributed by atoms with van der Waals surface area (Å²) >= 11 is 0. The van der Waals surface area contributed by atoms with E-state index >= 15 is 0 Å². The fourth-order valence-electron chi connectivity index (χ4n) is 3.18. The summed E-state index contributed by atoms with van der Waals surface area (Å²) in [6, 6.07) is 6.35. The van der Waals surface area contributed by atoms with E-state index in [1.54, 1.807) is 6.20 Å². The maximum atomic E-state index is 9.36. The summed E-state index contributed by atoms with van der Waals surface area (Å²) in [5, 5.41) is 17.1. The van der Waals surface area contributed by atoms with E-state index in [1.807, 2.05) is 39.6 Å². The predicted octanol–water partition coefficient (Wildman–Crippen LogP) is 1.98. The lowest BCUT2D eigenvalue weighted by Crippen LogP contribution is -2.39. The number of aromatic nitrogens is 5. The summed E-state index contributed by atoms with van der Waals surface area (Å²) in [7, 11) is 0. The van der Waals surface area contributed by atoms with Crippen LogP contribution in [0.3, 0.4) is 0 Å². The average molecular weight is 320 g/mol. The van der Waals surface area contributed by atoms with Gasteiger partial charge in [-0.1, -0.05) is 0 Å². The number of nitrogens with zero attached hydrogens (tertiary/aromatic N) is 5. The van der Waals surface area contributed by atoms with Crippen LogP contribution in [0, 0.1) is 0 Å². The van der Waals surface area contributed by atoms with Crippen LogP contribution in [0.15, 0.2) is 49.2 Å². The van der Waals surface area contributed by atoms with Crippen molar-refractivity contribution in [3.63, 3.8) is 0 Å². The molecule has 0 unspecified atom stereocenters. The number of fused-ring (bicyclic) bond motifs is 2. The molecule has 4 aromatic heterocycles. The van der Waals surface area contributed by atoms with Gasteiger partial charge in [-0.3, -0.25) is 0 Å². The number of hydrogen-bond acceptors (Lipinski definition) is 5. The van der Waals surface area contributed by atoms with Crippen LogP contribution in [0.25, 0.3) is 22.3 Å². The van der Waals surface area contributed by atoms with Crippen LogP contribution in [0.5, 0.6) is 0 Å². The molecule has 0 amide bonds. The van der Waals surface area contributed by atoms with E-state index < -0.39 is 0 Å². The molecule has 1 saturated carbocycles. The zero-order valence-electron chi connectivity index (χ0n) is 12.9. The van der Waals surface area contributed by atoms with Gasteiger partial charge >= 0.3 is 0 Å². The van der Waals surface area contributed by atoms with E-state index in [9.17, 15) is 5.11 Å². The highest BCUT2D eigenvalue weighted by Crippen LogP contribution is 2.26. The number of rotatable bonds is 3. The fourth-order valence-corrected chi connectivity index (χ4v) is 3.18. The Hall–Kier alpha value is -2.93. The number of pyridine rings is 1. The molecule has 4 heterocycles. The van der Waals surface area contributed by atoms with Gasteiger partial charge in [-0.05, 0) is 31.0 Å². The first-order valence-electron chi connectivity index (χ1n) is 7.98. The normalized spacial score (nSPS) is 20.4. The third-order valence-electron chi connectivity index (χ3n) is 4.56. The molecule has 0 radical (unpaired) electrons. The molecule has 5 rings (SSSR count). The Morgan fingerprint density at radius 3 is 2.92 bits per heavy atom. The Kier molecular flexibility index (Phi) is 2.83. The molecule has 1 aliphatic rings. The van der Waals surface area contributed by atoms with Gasteiger partial charge in [0.1, 0.15) is 5.65 Å². The third-order valence-corrected chi connectivity index (χ3v) is 4.56. The van der Waals surface area contributed by atoms with Crippen LogP contribution in [0.4, 0.5) is 5.95 Å². The molecular weight excluding hydrogens is 304 g/mol. The Bertz CT molecular complexity index is 1030. The van der Waals surface area contributed by atoms with Crippen LogP contribution in [-0.4, -0.2) is 41.2 Å². The summed E-state index contributed by atoms with van der Waals surface area (Å²) in [6.45, 7) is 0. The van der Waals surface area contributed by atoms with Gasteiger partial charge in [-0.15, -0.1) is 5.10 Å². The first-order chi connectivity index (χ1) is 11.8. The Morgan fingerprint density at radius 1 is 1.12 bits per heavy atom. The van der Waals surface area contributed by atoms with E-state index in [1.165, 1.54) is 0 Å². The smallest absolute Gasteiger partial charge is 0.241 e. The minimum atomic E-state index is -0.192. The molecule has 120 valence electrons. The Balaban J connectivity index is 1.50. The lowest BCUT2D eigenvalue weighted by atomic mass is 9.90. The molecule has 0 spiro atoms. The van der Waals surface area contributed by atoms with Crippen LogP contribution in [0.2, 0.25) is 0 Å². The number of imidazole rings is 1. The summed E-state index contributed by atoms with van der Waals surface area (Å²) in [5.74, 6) is 0.589. The number of anilines is 1. The summed E-state index contributed by atoms with van der Waals surface area (Å²) < 4.78 is 3.83. The maximum absolute atomic E-state index is 9.36. The highest BCUT2D eigenvalue weighted by molar-refractivity contribution is 5.80. The number of nitrogens with one attached hydrogen (secondary N) is 1. The Labute approximate surface area is 137 Å². The van der Waals surface area contributed by atoms with Crippen molar-refractivity contribution in [1.82, 2.24) is 24.0 Å². The van der Waals surface area contributed by atoms with Gasteiger partial charge in [0.25, 0.3) is 0 Å². The third kappa shape index (κ3) is 2.13. The topological polar surface area (TPSA) is 79.8 Å². The van der Waals surface area contributed by atoms with Crippen LogP contribution in [-0.2, 0) is 0 Å². The van der Waals surface area contributed by atoms with E-state index in [4.69, 9.17) is 0 Å². The first-order valence-corrected chi connectivity index (χ1v) is 7.98. The first kappa shape index (κ1) is 13.5. The van der Waals surface area contributed by atoms with E-state index in [0.29, 0.717) is 5.95 Å². The SMILES string of the molecule is OC1CC(Nc2ncc3c(-c4ccc5nccn5c4)ccn3n2)C1. The second kappa shape index (κ2) is 5.04. The monoisotopic (exact) mass is 320 g/mol. The predicted molar refractivity (Wildman–Crippen MR) is 89.8 cm³/mol. The van der Waals surface area contributed by atoms with Crippen molar-refractivity contribution in [3.05, 3.63) is 49.2 Å². The summed E-state index contributed by atoms with van der Waals surface area (Å²) in [4.78, 5) is 8.69. The molecule has 2 N–H and O–H groups in total. The van der Waals surface area contributed by atoms with Gasteiger partial charge in [0.05, 0.1) is 17.8 Å². The zero-order chi connectivity index (χ0) is 16.1. The van der Waals surface area contributed by atoms with Crippen molar-refractivity contribution < 1.29 is 5.11 Å². The highest BCUT2D eigenvalue weighted by Gasteiger charge is 2.27. The van der Waals surface area contributed by atoms with Crippen molar-refractivity contribution in [2.75, 3.05) is 5.32 Å². The number of aliphatic hydroxyl groups excluding tert-OH is 1. The van der Waals surface area contributed by atoms with Gasteiger partial charge < -0.3 is 14.8 Å². The molecule has 7 nitrogen and oxygen atoms in total. The van der Waals surface area contributed by atoms with Gasteiger partial charge in [0, 0.05) is 42.0 Å². The van der Waals surface area contributed by atoms with Gasteiger partial charge in [0.15, 0.2) is 0 Å². The van der Waals surface area contributed by atoms with Crippen LogP contribution in [0.1, 0.15) is 12.8 Å². The zero-order valence-corrected chi connectivity index (χ0v) is 12.9. The average Bonchev–Trinajstić information content (AvgIpc) is 3.18. The molecule has 7 heteroatoms. The maximum Gasteiger partial charge on any atom is 0.241 e. The Morgan fingerprint density at radius 2 is 2.04 bits per heavy atom. The minimum absolute atomic E-state index is 0.192. The largest absolute Gasteiger partial charge is 0.393 e. The number of aliphatic hydroxyl groups is 1. The molecule has 0 aliphatic heterocycles. The molecule has 0 aromatic carbocycles. The van der Waals surface area contributed by atoms with Gasteiger partial charge in [0.2, 0.25) is 5.95 Å². The van der Waals surface area contributed by atoms with Gasteiger partial charge in [-0.2, -0.15) is 0 Å². The van der Waals surface area contributed by atoms with Gasteiger partial charge in [-0.25, -0.2) is 14.5 Å². The van der Waals surface area contributed by atoms with Crippen molar-refractivity contribution in [3.8, 4) is 11.1 Å². The summed E-state index contributed by atoms with van der Waals surface area (Å²) in [5.41, 5.74) is 4.05. The lowest BCUT2D eigenvalue weighted by molar-refractivity contribution is 0.0833. The van der Waals surface area contributed by atoms with E-state index in [0.717, 1.165) is 35.1 Å². The molecule has 1 aliphatic carbocycles. The minimum Gasteiger partial charge on any atom is -0.393 e. The van der Waals surface area contributed by atoms with Crippen molar-refractivity contribution in [2.45, 2.75) is 25.0 Å². The summed E-state index contributed by atoms with van der Waals surface area (Å²) in [6.07, 6.45) is 10.9. The van der Waals surface area contributed by atoms with Crippen molar-refractivity contribution in [2.24, 2.45) is 0 Å². The number of hydrogen-bond donors (Lipinski definition) is 2. The van der Waals surface area contributed by atoms with Crippen molar-refractivity contribution in [1.29, 1.82) is 0 Å². The molecule has 0 atom stereocenters. The van der Waals surface area contributed by atoms with E-state index in [-0.39, 0.29) is 12.1 Å². The molecule has 0 saturated heterocycles. The molecule has 0 bridgehead atoms. The fraction of sp³-hybridized carbons (Fsp3) is 0.235. The molecule has 1 fully saturated rings. The van der Waals surface area contributed by atoms with E-state index in [2.05, 4.69) is 32.6 Å². The second-order valence-corrected chi connectivity index (χ2v) is 6.22. The van der Waals surface area contributed by atoms with Crippen molar-refractivity contribution >= 4 is 17.1 Å². The molecule has 24 heavy (non-hydrogen) atoms. The molecule has 4 aromatic rings. The quantitative estimate of drug-likeness (QED) is 0.603. The standard InChI is InChI=1S/C17H16N6O/c24-13-7-12(8-13)20-17-19-9-15-14(3-5-23(15)21-17)11-1-2-16-18-4-6-22(16)10-11/h1-6,9-10,12-13,24H,7-8H2,(H,20,21). The second-order valence-electron chi connectivity index (χ2n) is 6.22. The molecular formula is C17H16N6O. The lowest BCUT2D eigenvalue weighted by Gasteiger charge is -2.31. The van der Waals surface area contributed by atoms with Crippen LogP contribution >= 0.6 is 0 Å². The van der Waals surface area contributed by atoms with Crippen LogP contribution < -0.4 is 5.32 Å². The highest BCUT2D eigenvalue weighted by atomic mass is 16.3.